The van der Waals surface area contributed by atoms with Crippen LogP contribution in [-0.2, 0) is 0 Å². The third kappa shape index (κ3) is 2.59. The molecule has 4 heteroatoms. The Morgan fingerprint density at radius 2 is 1.90 bits per heavy atom. The number of benzene rings is 1. The number of nitrogen functional groups attached to an aromatic ring is 1. The van der Waals surface area contributed by atoms with Gasteiger partial charge in [-0.25, -0.2) is 4.98 Å². The van der Waals surface area contributed by atoms with E-state index in [-0.39, 0.29) is 5.84 Å². The van der Waals surface area contributed by atoms with Crippen molar-refractivity contribution in [3.05, 3.63) is 35.9 Å². The summed E-state index contributed by atoms with van der Waals surface area (Å²) in [6.07, 6.45) is 0. The molecule has 1 aromatic carbocycles. The van der Waals surface area contributed by atoms with Crippen molar-refractivity contribution >= 4 is 22.6 Å². The first-order valence-electron chi connectivity index (χ1n) is 6.88. The number of hydrogen-bond acceptors (Lipinski definition) is 3. The Morgan fingerprint density at radius 1 is 1.25 bits per heavy atom. The van der Waals surface area contributed by atoms with Crippen molar-refractivity contribution in [2.75, 3.05) is 11.9 Å². The monoisotopic (exact) mass is 270 g/mol. The average molecular weight is 270 g/mol. The number of para-hydroxylation sites is 1. The van der Waals surface area contributed by atoms with Crippen molar-refractivity contribution in [2.24, 2.45) is 11.7 Å². The average Bonchev–Trinajstić information content (AvgIpc) is 2.44. The van der Waals surface area contributed by atoms with Gasteiger partial charge in [-0.3, -0.25) is 5.41 Å². The standard InChI is InChI=1S/C16H22N4/c1-10(2)11(3)20(4)16-13(15(17)18)9-12-7-5-6-8-14(12)19-16/h5-11H,1-4H3,(H3,17,18). The molecule has 0 amide bonds. The fraction of sp³-hybridized carbons (Fsp3) is 0.375. The van der Waals surface area contributed by atoms with E-state index >= 15 is 0 Å². The maximum Gasteiger partial charge on any atom is 0.140 e. The van der Waals surface area contributed by atoms with Gasteiger partial charge in [0.2, 0.25) is 0 Å². The van der Waals surface area contributed by atoms with E-state index in [0.717, 1.165) is 16.7 Å². The van der Waals surface area contributed by atoms with Crippen LogP contribution in [0, 0.1) is 11.3 Å². The molecule has 0 fully saturated rings. The third-order valence-electron chi connectivity index (χ3n) is 3.90. The Bertz CT molecular complexity index is 633. The smallest absolute Gasteiger partial charge is 0.140 e. The molecule has 1 atom stereocenters. The highest BCUT2D eigenvalue weighted by Crippen LogP contribution is 2.25. The number of hydrogen-bond donors (Lipinski definition) is 2. The Morgan fingerprint density at radius 3 is 2.50 bits per heavy atom. The lowest BCUT2D eigenvalue weighted by Crippen LogP contribution is -2.35. The number of fused-ring (bicyclic) bond motifs is 1. The number of anilines is 1. The normalized spacial score (nSPS) is 12.7. The fourth-order valence-electron chi connectivity index (χ4n) is 2.21. The van der Waals surface area contributed by atoms with Crippen LogP contribution in [0.1, 0.15) is 26.3 Å². The minimum absolute atomic E-state index is 0.0565. The van der Waals surface area contributed by atoms with Crippen molar-refractivity contribution in [2.45, 2.75) is 26.8 Å². The number of aromatic nitrogens is 1. The summed E-state index contributed by atoms with van der Waals surface area (Å²) in [6, 6.07) is 10.2. The van der Waals surface area contributed by atoms with Gasteiger partial charge in [0.25, 0.3) is 0 Å². The first kappa shape index (κ1) is 14.3. The predicted molar refractivity (Wildman–Crippen MR) is 85.5 cm³/mol. The van der Waals surface area contributed by atoms with E-state index in [9.17, 15) is 0 Å². The lowest BCUT2D eigenvalue weighted by molar-refractivity contribution is 0.503. The van der Waals surface area contributed by atoms with Crippen LogP contribution in [0.5, 0.6) is 0 Å². The zero-order valence-electron chi connectivity index (χ0n) is 12.5. The maximum absolute atomic E-state index is 7.80. The van der Waals surface area contributed by atoms with Crippen molar-refractivity contribution in [3.8, 4) is 0 Å². The van der Waals surface area contributed by atoms with Gasteiger partial charge in [-0.15, -0.1) is 0 Å². The summed E-state index contributed by atoms with van der Waals surface area (Å²) in [5.74, 6) is 1.33. The number of rotatable bonds is 4. The molecule has 1 aromatic heterocycles. The molecule has 0 aliphatic rings. The van der Waals surface area contributed by atoms with Gasteiger partial charge in [-0.2, -0.15) is 0 Å². The molecule has 0 radical (unpaired) electrons. The van der Waals surface area contributed by atoms with Crippen LogP contribution >= 0.6 is 0 Å². The second-order valence-corrected chi connectivity index (χ2v) is 5.56. The second-order valence-electron chi connectivity index (χ2n) is 5.56. The van der Waals surface area contributed by atoms with Crippen LogP contribution < -0.4 is 10.6 Å². The van der Waals surface area contributed by atoms with Gasteiger partial charge >= 0.3 is 0 Å². The summed E-state index contributed by atoms with van der Waals surface area (Å²) in [5, 5.41) is 8.81. The van der Waals surface area contributed by atoms with Gasteiger partial charge < -0.3 is 10.6 Å². The summed E-state index contributed by atoms with van der Waals surface area (Å²) >= 11 is 0. The molecule has 0 aliphatic heterocycles. The van der Waals surface area contributed by atoms with Gasteiger partial charge in [0.05, 0.1) is 11.1 Å². The zero-order valence-corrected chi connectivity index (χ0v) is 12.5. The van der Waals surface area contributed by atoms with Crippen LogP contribution in [0.25, 0.3) is 10.9 Å². The van der Waals surface area contributed by atoms with Crippen LogP contribution in [0.15, 0.2) is 30.3 Å². The second kappa shape index (κ2) is 5.49. The number of nitrogens with two attached hydrogens (primary N) is 1. The molecule has 0 saturated heterocycles. The molecule has 4 nitrogen and oxygen atoms in total. The van der Waals surface area contributed by atoms with E-state index < -0.39 is 0 Å². The minimum atomic E-state index is 0.0565. The number of amidine groups is 1. The molecule has 2 aromatic rings. The quantitative estimate of drug-likeness (QED) is 0.663. The number of pyridine rings is 1. The maximum atomic E-state index is 7.80. The van der Waals surface area contributed by atoms with E-state index in [4.69, 9.17) is 16.1 Å². The van der Waals surface area contributed by atoms with Crippen LogP contribution in [0.2, 0.25) is 0 Å². The van der Waals surface area contributed by atoms with Gasteiger partial charge in [-0.05, 0) is 25.0 Å². The molecule has 1 heterocycles. The van der Waals surface area contributed by atoms with E-state index in [1.807, 2.05) is 37.4 Å². The van der Waals surface area contributed by atoms with E-state index in [0.29, 0.717) is 17.5 Å². The molecular formula is C16H22N4. The lowest BCUT2D eigenvalue weighted by atomic mass is 10.0. The highest BCUT2D eigenvalue weighted by atomic mass is 15.2. The van der Waals surface area contributed by atoms with E-state index in [1.54, 1.807) is 0 Å². The molecule has 1 unspecified atom stereocenters. The molecule has 0 saturated carbocycles. The fourth-order valence-corrected chi connectivity index (χ4v) is 2.21. The van der Waals surface area contributed by atoms with Gasteiger partial charge in [0, 0.05) is 18.5 Å². The first-order valence-corrected chi connectivity index (χ1v) is 6.88. The molecule has 0 spiro atoms. The molecule has 20 heavy (non-hydrogen) atoms. The topological polar surface area (TPSA) is 66.0 Å². The number of nitrogens with one attached hydrogen (secondary N) is 1. The SMILES string of the molecule is CC(C)C(C)N(C)c1nc2ccccc2cc1C(=N)N. The summed E-state index contributed by atoms with van der Waals surface area (Å²) in [6.45, 7) is 6.51. The molecule has 106 valence electrons. The molecular weight excluding hydrogens is 248 g/mol. The Kier molecular flexibility index (Phi) is 3.93. The summed E-state index contributed by atoms with van der Waals surface area (Å²) in [5.41, 5.74) is 7.36. The molecule has 3 N–H and O–H groups in total. The Labute approximate surface area is 120 Å². The minimum Gasteiger partial charge on any atom is -0.384 e. The zero-order chi connectivity index (χ0) is 14.9. The van der Waals surface area contributed by atoms with Gasteiger partial charge in [0.1, 0.15) is 11.7 Å². The molecule has 2 rings (SSSR count). The van der Waals surface area contributed by atoms with Crippen molar-refractivity contribution in [3.63, 3.8) is 0 Å². The summed E-state index contributed by atoms with van der Waals surface area (Å²) in [4.78, 5) is 6.81. The van der Waals surface area contributed by atoms with Crippen molar-refractivity contribution in [1.82, 2.24) is 4.98 Å². The van der Waals surface area contributed by atoms with Crippen LogP contribution in [0.3, 0.4) is 0 Å². The van der Waals surface area contributed by atoms with Crippen LogP contribution in [-0.4, -0.2) is 23.9 Å². The summed E-state index contributed by atoms with van der Waals surface area (Å²) in [7, 11) is 2.01. The highest BCUT2D eigenvalue weighted by molar-refractivity contribution is 6.03. The van der Waals surface area contributed by atoms with E-state index in [2.05, 4.69) is 25.7 Å². The third-order valence-corrected chi connectivity index (χ3v) is 3.90. The lowest BCUT2D eigenvalue weighted by Gasteiger charge is -2.30. The summed E-state index contributed by atoms with van der Waals surface area (Å²) < 4.78 is 0. The Hall–Kier alpha value is -2.10. The van der Waals surface area contributed by atoms with Gasteiger partial charge in [-0.1, -0.05) is 32.0 Å². The number of nitrogens with zero attached hydrogens (tertiary/aromatic N) is 2. The molecule has 0 bridgehead atoms. The molecule has 0 aliphatic carbocycles. The Balaban J connectivity index is 2.60. The van der Waals surface area contributed by atoms with Crippen molar-refractivity contribution < 1.29 is 0 Å². The van der Waals surface area contributed by atoms with Crippen molar-refractivity contribution in [1.29, 1.82) is 5.41 Å². The first-order chi connectivity index (χ1) is 9.41. The highest BCUT2D eigenvalue weighted by Gasteiger charge is 2.19. The largest absolute Gasteiger partial charge is 0.384 e. The van der Waals surface area contributed by atoms with E-state index in [1.165, 1.54) is 0 Å². The predicted octanol–water partition coefficient (Wildman–Crippen LogP) is 3.00. The van der Waals surface area contributed by atoms with Crippen LogP contribution in [0.4, 0.5) is 5.82 Å². The van der Waals surface area contributed by atoms with Gasteiger partial charge in [0.15, 0.2) is 0 Å².